The van der Waals surface area contributed by atoms with Gasteiger partial charge in [0, 0.05) is 43.8 Å². The van der Waals surface area contributed by atoms with Crippen LogP contribution in [0.1, 0.15) is 37.9 Å². The van der Waals surface area contributed by atoms with Crippen molar-refractivity contribution in [1.29, 1.82) is 0 Å². The van der Waals surface area contributed by atoms with E-state index in [2.05, 4.69) is 10.3 Å². The Morgan fingerprint density at radius 2 is 2.00 bits per heavy atom. The van der Waals surface area contributed by atoms with Gasteiger partial charge in [0.2, 0.25) is 0 Å². The first-order chi connectivity index (χ1) is 16.4. The van der Waals surface area contributed by atoms with Gasteiger partial charge in [-0.15, -0.1) is 0 Å². The van der Waals surface area contributed by atoms with Gasteiger partial charge >= 0.3 is 5.97 Å². The van der Waals surface area contributed by atoms with Gasteiger partial charge in [0.05, 0.1) is 23.9 Å². The Balaban J connectivity index is 1.61. The number of benzene rings is 1. The molecular formula is C25H27FN4O4. The summed E-state index contributed by atoms with van der Waals surface area (Å²) in [6.45, 7) is 0.409. The molecule has 1 aliphatic carbocycles. The standard InChI is InChI=1S/C25H27FN4O4/c1-27-20-12-16(6-10-28-20)22-23(15-2-4-17(26)5-3-15)30(24(29-22)25(33)8-9-25)11-7-19-13-18(31)14-21(32)34-19/h2-6,10,12,18-19,31,33H,7-9,11,13-14H2,1H3,(H,27,28)/t18-,19-/m1/s1. The molecule has 1 saturated heterocycles. The fourth-order valence-electron chi connectivity index (χ4n) is 4.50. The zero-order valence-electron chi connectivity index (χ0n) is 18.9. The molecule has 0 amide bonds. The summed E-state index contributed by atoms with van der Waals surface area (Å²) in [4.78, 5) is 21.0. The number of rotatable bonds is 7. The molecule has 0 spiro atoms. The molecule has 0 radical (unpaired) electrons. The van der Waals surface area contributed by atoms with Crippen molar-refractivity contribution in [3.05, 3.63) is 54.2 Å². The number of aromatic nitrogens is 3. The van der Waals surface area contributed by atoms with Crippen molar-refractivity contribution >= 4 is 11.8 Å². The van der Waals surface area contributed by atoms with Crippen LogP contribution < -0.4 is 5.32 Å². The van der Waals surface area contributed by atoms with Crippen molar-refractivity contribution in [3.63, 3.8) is 0 Å². The lowest BCUT2D eigenvalue weighted by Crippen LogP contribution is -2.33. The molecule has 0 bridgehead atoms. The molecule has 2 fully saturated rings. The van der Waals surface area contributed by atoms with Crippen LogP contribution in [0.3, 0.4) is 0 Å². The van der Waals surface area contributed by atoms with Crippen LogP contribution in [0.2, 0.25) is 0 Å². The Labute approximate surface area is 196 Å². The van der Waals surface area contributed by atoms with E-state index in [-0.39, 0.29) is 12.2 Å². The zero-order chi connectivity index (χ0) is 23.9. The molecule has 3 N–H and O–H groups in total. The van der Waals surface area contributed by atoms with E-state index >= 15 is 0 Å². The number of hydrogen-bond acceptors (Lipinski definition) is 7. The van der Waals surface area contributed by atoms with Crippen molar-refractivity contribution in [3.8, 4) is 22.5 Å². The predicted octanol–water partition coefficient (Wildman–Crippen LogP) is 3.23. The van der Waals surface area contributed by atoms with Gasteiger partial charge in [-0.25, -0.2) is 14.4 Å². The fraction of sp³-hybridized carbons (Fsp3) is 0.400. The number of cyclic esters (lactones) is 1. The van der Waals surface area contributed by atoms with Crippen molar-refractivity contribution in [2.75, 3.05) is 12.4 Å². The molecule has 3 aromatic rings. The number of nitrogens with one attached hydrogen (secondary N) is 1. The second-order valence-corrected chi connectivity index (χ2v) is 9.00. The highest BCUT2D eigenvalue weighted by molar-refractivity contribution is 5.80. The maximum Gasteiger partial charge on any atom is 0.308 e. The second kappa shape index (κ2) is 8.81. The van der Waals surface area contributed by atoms with E-state index in [9.17, 15) is 19.4 Å². The normalized spacial score (nSPS) is 21.2. The zero-order valence-corrected chi connectivity index (χ0v) is 18.9. The third-order valence-electron chi connectivity index (χ3n) is 6.42. The molecular weight excluding hydrogens is 439 g/mol. The number of hydrogen-bond donors (Lipinski definition) is 3. The molecule has 2 aliphatic rings. The van der Waals surface area contributed by atoms with Crippen molar-refractivity contribution < 1.29 is 24.1 Å². The van der Waals surface area contributed by atoms with Crippen LogP contribution in [-0.2, 0) is 21.7 Å². The van der Waals surface area contributed by atoms with Gasteiger partial charge in [0.1, 0.15) is 29.2 Å². The van der Waals surface area contributed by atoms with Gasteiger partial charge < -0.3 is 24.8 Å². The van der Waals surface area contributed by atoms with Crippen LogP contribution in [0.5, 0.6) is 0 Å². The summed E-state index contributed by atoms with van der Waals surface area (Å²) in [6.07, 6.45) is 2.56. The summed E-state index contributed by atoms with van der Waals surface area (Å²) in [5, 5.41) is 24.1. The quantitative estimate of drug-likeness (QED) is 0.459. The van der Waals surface area contributed by atoms with Gasteiger partial charge in [0.15, 0.2) is 0 Å². The number of halogens is 1. The molecule has 1 aliphatic heterocycles. The van der Waals surface area contributed by atoms with Crippen molar-refractivity contribution in [2.24, 2.45) is 0 Å². The number of aliphatic hydroxyl groups excluding tert-OH is 1. The average molecular weight is 467 g/mol. The van der Waals surface area contributed by atoms with Gasteiger partial charge in [-0.1, -0.05) is 0 Å². The lowest BCUT2D eigenvalue weighted by molar-refractivity contribution is -0.160. The maximum absolute atomic E-state index is 13.7. The first-order valence-corrected chi connectivity index (χ1v) is 11.5. The van der Waals surface area contributed by atoms with Crippen LogP contribution in [0.4, 0.5) is 10.2 Å². The van der Waals surface area contributed by atoms with Crippen LogP contribution in [0.25, 0.3) is 22.5 Å². The third kappa shape index (κ3) is 4.41. The molecule has 3 heterocycles. The van der Waals surface area contributed by atoms with E-state index in [1.807, 2.05) is 16.7 Å². The number of esters is 1. The lowest BCUT2D eigenvalue weighted by Gasteiger charge is -2.26. The van der Waals surface area contributed by atoms with E-state index in [0.29, 0.717) is 49.6 Å². The molecule has 2 aromatic heterocycles. The van der Waals surface area contributed by atoms with E-state index < -0.39 is 23.8 Å². The van der Waals surface area contributed by atoms with Crippen molar-refractivity contribution in [2.45, 2.75) is 56.5 Å². The smallest absolute Gasteiger partial charge is 0.308 e. The number of pyridine rings is 1. The highest BCUT2D eigenvalue weighted by Gasteiger charge is 2.47. The molecule has 0 unspecified atom stereocenters. The maximum atomic E-state index is 13.7. The third-order valence-corrected chi connectivity index (χ3v) is 6.42. The largest absolute Gasteiger partial charge is 0.462 e. The number of imidazole rings is 1. The summed E-state index contributed by atoms with van der Waals surface area (Å²) >= 11 is 0. The minimum absolute atomic E-state index is 0.00734. The SMILES string of the molecule is CNc1cc(-c2nc(C3(O)CC3)n(CC[C@@H]3C[C@@H](O)CC(=O)O3)c2-c2ccc(F)cc2)ccn1. The van der Waals surface area contributed by atoms with Crippen molar-refractivity contribution in [1.82, 2.24) is 14.5 Å². The van der Waals surface area contributed by atoms with E-state index in [4.69, 9.17) is 9.72 Å². The highest BCUT2D eigenvalue weighted by Crippen LogP contribution is 2.48. The summed E-state index contributed by atoms with van der Waals surface area (Å²) in [5.74, 6) is 0.451. The summed E-state index contributed by atoms with van der Waals surface area (Å²) < 4.78 is 21.1. The first-order valence-electron chi connectivity index (χ1n) is 11.5. The Kier molecular flexibility index (Phi) is 5.83. The van der Waals surface area contributed by atoms with Crippen LogP contribution in [0, 0.1) is 5.82 Å². The Morgan fingerprint density at radius 3 is 2.68 bits per heavy atom. The number of carbonyl (C=O) groups excluding carboxylic acids is 1. The minimum Gasteiger partial charge on any atom is -0.462 e. The molecule has 1 aromatic carbocycles. The van der Waals surface area contributed by atoms with Gasteiger partial charge in [-0.05, 0) is 49.2 Å². The van der Waals surface area contributed by atoms with Gasteiger partial charge in [0.25, 0.3) is 0 Å². The molecule has 178 valence electrons. The van der Waals surface area contributed by atoms with E-state index in [0.717, 1.165) is 16.8 Å². The number of anilines is 1. The Hall–Kier alpha value is -3.30. The van der Waals surface area contributed by atoms with Crippen LogP contribution in [0.15, 0.2) is 42.6 Å². The monoisotopic (exact) mass is 466 g/mol. The van der Waals surface area contributed by atoms with Crippen LogP contribution >= 0.6 is 0 Å². The Bertz CT molecular complexity index is 1210. The predicted molar refractivity (Wildman–Crippen MR) is 123 cm³/mol. The van der Waals surface area contributed by atoms with Gasteiger partial charge in [-0.3, -0.25) is 4.79 Å². The van der Waals surface area contributed by atoms with E-state index in [1.54, 1.807) is 25.4 Å². The molecule has 5 rings (SSSR count). The fourth-order valence-corrected chi connectivity index (χ4v) is 4.50. The minimum atomic E-state index is -1.03. The topological polar surface area (TPSA) is 110 Å². The van der Waals surface area contributed by atoms with E-state index in [1.165, 1.54) is 12.1 Å². The highest BCUT2D eigenvalue weighted by atomic mass is 19.1. The molecule has 8 nitrogen and oxygen atoms in total. The molecule has 34 heavy (non-hydrogen) atoms. The average Bonchev–Trinajstić information content (AvgIpc) is 3.44. The number of aliphatic hydroxyl groups is 2. The lowest BCUT2D eigenvalue weighted by atomic mass is 10.0. The Morgan fingerprint density at radius 1 is 1.24 bits per heavy atom. The number of nitrogens with zero attached hydrogens (tertiary/aromatic N) is 3. The summed E-state index contributed by atoms with van der Waals surface area (Å²) in [7, 11) is 1.78. The molecule has 9 heteroatoms. The summed E-state index contributed by atoms with van der Waals surface area (Å²) in [6, 6.07) is 9.90. The summed E-state index contributed by atoms with van der Waals surface area (Å²) in [5.41, 5.74) is 1.92. The van der Waals surface area contributed by atoms with Crippen LogP contribution in [-0.4, -0.2) is 50.0 Å². The molecule has 2 atom stereocenters. The molecule has 1 saturated carbocycles. The van der Waals surface area contributed by atoms with Gasteiger partial charge in [-0.2, -0.15) is 0 Å². The second-order valence-electron chi connectivity index (χ2n) is 9.00. The first kappa shape index (κ1) is 22.5. The number of carbonyl (C=O) groups is 1. The number of ether oxygens (including phenoxy) is 1.